The summed E-state index contributed by atoms with van der Waals surface area (Å²) in [4.78, 5) is 18.3. The number of morpholine rings is 1. The van der Waals surface area contributed by atoms with Gasteiger partial charge in [0, 0.05) is 47.4 Å². The molecule has 0 spiro atoms. The van der Waals surface area contributed by atoms with Crippen LogP contribution >= 0.6 is 23.2 Å². The normalized spacial score (nSPS) is 16.1. The fourth-order valence-corrected chi connectivity index (χ4v) is 4.50. The zero-order valence-corrected chi connectivity index (χ0v) is 21.3. The number of ether oxygens (including phenoxy) is 2. The number of nitrogens with zero attached hydrogens (tertiary/aromatic N) is 6. The first-order valence-electron chi connectivity index (χ1n) is 11.9. The Bertz CT molecular complexity index is 1210. The number of hydrogen-bond donors (Lipinski definition) is 1. The van der Waals surface area contributed by atoms with Crippen LogP contribution in [0.4, 0.5) is 17.8 Å². The molecule has 36 heavy (non-hydrogen) atoms. The van der Waals surface area contributed by atoms with Gasteiger partial charge in [0.05, 0.1) is 19.4 Å². The molecular formula is C25H27Cl2N7O2. The SMILES string of the molecule is Clc1ccc(COc2ccccc2/C=N\Nc2nc(N3CCCC3)nc(N3CCOCC3)n2)c(Cl)c1. The number of hydrogen-bond acceptors (Lipinski definition) is 9. The molecule has 0 bridgehead atoms. The monoisotopic (exact) mass is 527 g/mol. The fraction of sp³-hybridized carbons (Fsp3) is 0.360. The minimum Gasteiger partial charge on any atom is -0.488 e. The van der Waals surface area contributed by atoms with Crippen LogP contribution in [-0.4, -0.2) is 60.6 Å². The number of benzene rings is 2. The molecule has 3 aromatic rings. The summed E-state index contributed by atoms with van der Waals surface area (Å²) in [5.74, 6) is 2.38. The van der Waals surface area contributed by atoms with E-state index >= 15 is 0 Å². The average Bonchev–Trinajstić information content (AvgIpc) is 3.45. The van der Waals surface area contributed by atoms with Crippen molar-refractivity contribution in [1.29, 1.82) is 0 Å². The zero-order chi connectivity index (χ0) is 24.7. The molecule has 0 aliphatic carbocycles. The highest BCUT2D eigenvalue weighted by Crippen LogP contribution is 2.24. The van der Waals surface area contributed by atoms with Gasteiger partial charge in [-0.3, -0.25) is 0 Å². The first-order chi connectivity index (χ1) is 17.7. The Morgan fingerprint density at radius 3 is 2.42 bits per heavy atom. The van der Waals surface area contributed by atoms with Crippen LogP contribution in [0.1, 0.15) is 24.0 Å². The summed E-state index contributed by atoms with van der Waals surface area (Å²) in [6, 6.07) is 13.0. The molecule has 2 saturated heterocycles. The number of hydrazone groups is 1. The minimum atomic E-state index is 0.309. The lowest BCUT2D eigenvalue weighted by molar-refractivity contribution is 0.122. The molecule has 2 aromatic carbocycles. The largest absolute Gasteiger partial charge is 0.488 e. The lowest BCUT2D eigenvalue weighted by Gasteiger charge is -2.27. The molecule has 9 nitrogen and oxygen atoms in total. The van der Waals surface area contributed by atoms with E-state index in [0.29, 0.717) is 53.5 Å². The predicted octanol–water partition coefficient (Wildman–Crippen LogP) is 4.64. The summed E-state index contributed by atoms with van der Waals surface area (Å²) in [5, 5.41) is 5.55. The molecule has 0 unspecified atom stereocenters. The Labute approximate surface area is 220 Å². The van der Waals surface area contributed by atoms with Gasteiger partial charge in [-0.05, 0) is 37.1 Å². The van der Waals surface area contributed by atoms with E-state index in [9.17, 15) is 0 Å². The summed E-state index contributed by atoms with van der Waals surface area (Å²) < 4.78 is 11.5. The third kappa shape index (κ3) is 6.16. The molecule has 0 saturated carbocycles. The number of rotatable bonds is 8. The topological polar surface area (TPSA) is 88.0 Å². The Morgan fingerprint density at radius 1 is 0.944 bits per heavy atom. The van der Waals surface area contributed by atoms with Crippen molar-refractivity contribution in [3.8, 4) is 5.75 Å². The second kappa shape index (κ2) is 11.7. The third-order valence-corrected chi connectivity index (χ3v) is 6.57. The molecule has 1 aromatic heterocycles. The summed E-state index contributed by atoms with van der Waals surface area (Å²) in [7, 11) is 0. The Balaban J connectivity index is 1.31. The first kappa shape index (κ1) is 24.5. The van der Waals surface area contributed by atoms with Crippen LogP contribution in [0.15, 0.2) is 47.6 Å². The quantitative estimate of drug-likeness (QED) is 0.334. The van der Waals surface area contributed by atoms with Crippen molar-refractivity contribution < 1.29 is 9.47 Å². The van der Waals surface area contributed by atoms with E-state index in [1.807, 2.05) is 30.3 Å². The van der Waals surface area contributed by atoms with Gasteiger partial charge in [0.2, 0.25) is 17.8 Å². The van der Waals surface area contributed by atoms with E-state index in [4.69, 9.17) is 37.7 Å². The van der Waals surface area contributed by atoms with Gasteiger partial charge in [-0.15, -0.1) is 0 Å². The summed E-state index contributed by atoms with van der Waals surface area (Å²) >= 11 is 12.3. The molecule has 1 N–H and O–H groups in total. The van der Waals surface area contributed by atoms with Crippen molar-refractivity contribution in [2.45, 2.75) is 19.4 Å². The second-order valence-electron chi connectivity index (χ2n) is 8.48. The van der Waals surface area contributed by atoms with Crippen molar-refractivity contribution in [2.24, 2.45) is 5.10 Å². The van der Waals surface area contributed by atoms with E-state index in [2.05, 4.69) is 30.3 Å². The summed E-state index contributed by atoms with van der Waals surface area (Å²) in [5.41, 5.74) is 4.64. The Kier molecular flexibility index (Phi) is 8.00. The van der Waals surface area contributed by atoms with Crippen molar-refractivity contribution in [2.75, 3.05) is 54.6 Å². The van der Waals surface area contributed by atoms with E-state index in [1.54, 1.807) is 18.3 Å². The molecule has 11 heteroatoms. The van der Waals surface area contributed by atoms with Crippen LogP contribution in [0.5, 0.6) is 5.75 Å². The number of para-hydroxylation sites is 1. The lowest BCUT2D eigenvalue weighted by atomic mass is 10.2. The van der Waals surface area contributed by atoms with Crippen molar-refractivity contribution in [3.63, 3.8) is 0 Å². The Morgan fingerprint density at radius 2 is 1.67 bits per heavy atom. The molecule has 5 rings (SSSR count). The molecule has 2 fully saturated rings. The van der Waals surface area contributed by atoms with Gasteiger partial charge in [0.25, 0.3) is 0 Å². The number of nitrogens with one attached hydrogen (secondary N) is 1. The summed E-state index contributed by atoms with van der Waals surface area (Å²) in [6.45, 7) is 5.00. The van der Waals surface area contributed by atoms with Gasteiger partial charge in [-0.1, -0.05) is 41.4 Å². The molecule has 3 heterocycles. The van der Waals surface area contributed by atoms with Crippen LogP contribution in [0.3, 0.4) is 0 Å². The van der Waals surface area contributed by atoms with Gasteiger partial charge in [0.15, 0.2) is 0 Å². The highest BCUT2D eigenvalue weighted by molar-refractivity contribution is 6.35. The van der Waals surface area contributed by atoms with Gasteiger partial charge in [-0.25, -0.2) is 5.43 Å². The van der Waals surface area contributed by atoms with Crippen molar-refractivity contribution in [1.82, 2.24) is 15.0 Å². The summed E-state index contributed by atoms with van der Waals surface area (Å²) in [6.07, 6.45) is 3.96. The van der Waals surface area contributed by atoms with E-state index in [0.717, 1.165) is 50.1 Å². The number of anilines is 3. The van der Waals surface area contributed by atoms with Crippen molar-refractivity contribution >= 4 is 47.3 Å². The highest BCUT2D eigenvalue weighted by atomic mass is 35.5. The molecular weight excluding hydrogens is 501 g/mol. The molecule has 188 valence electrons. The van der Waals surface area contributed by atoms with E-state index in [-0.39, 0.29) is 0 Å². The lowest BCUT2D eigenvalue weighted by Crippen LogP contribution is -2.38. The molecule has 0 radical (unpaired) electrons. The smallest absolute Gasteiger partial charge is 0.250 e. The van der Waals surface area contributed by atoms with Crippen LogP contribution < -0.4 is 20.0 Å². The van der Waals surface area contributed by atoms with Gasteiger partial charge in [-0.2, -0.15) is 20.1 Å². The Hall–Kier alpha value is -3.14. The molecule has 2 aliphatic rings. The number of halogens is 2. The van der Waals surface area contributed by atoms with Crippen molar-refractivity contribution in [3.05, 3.63) is 63.6 Å². The second-order valence-corrected chi connectivity index (χ2v) is 9.33. The van der Waals surface area contributed by atoms with Crippen LogP contribution in [-0.2, 0) is 11.3 Å². The van der Waals surface area contributed by atoms with Gasteiger partial charge in [0.1, 0.15) is 12.4 Å². The van der Waals surface area contributed by atoms with E-state index < -0.39 is 0 Å². The molecule has 0 atom stereocenters. The average molecular weight is 528 g/mol. The van der Waals surface area contributed by atoms with Gasteiger partial charge >= 0.3 is 0 Å². The maximum absolute atomic E-state index is 6.28. The number of aromatic nitrogens is 3. The maximum atomic E-state index is 6.28. The van der Waals surface area contributed by atoms with Gasteiger partial charge < -0.3 is 19.3 Å². The third-order valence-electron chi connectivity index (χ3n) is 5.98. The minimum absolute atomic E-state index is 0.309. The van der Waals surface area contributed by atoms with Crippen LogP contribution in [0, 0.1) is 0 Å². The standard InChI is InChI=1S/C25H27Cl2N7O2/c26-20-8-7-19(21(27)15-20)17-36-22-6-2-1-5-18(22)16-28-32-23-29-24(33-9-3-4-10-33)31-25(30-23)34-11-13-35-14-12-34/h1-2,5-8,15-16H,3-4,9-14,17H2,(H,29,30,31,32)/b28-16-. The zero-order valence-electron chi connectivity index (χ0n) is 19.7. The fourth-order valence-electron chi connectivity index (χ4n) is 4.04. The van der Waals surface area contributed by atoms with E-state index in [1.165, 1.54) is 0 Å². The van der Waals surface area contributed by atoms with Crippen LogP contribution in [0.2, 0.25) is 10.0 Å². The predicted molar refractivity (Wildman–Crippen MR) is 143 cm³/mol. The van der Waals surface area contributed by atoms with Crippen LogP contribution in [0.25, 0.3) is 0 Å². The maximum Gasteiger partial charge on any atom is 0.250 e. The molecule has 0 amide bonds. The first-order valence-corrected chi connectivity index (χ1v) is 12.7. The molecule has 2 aliphatic heterocycles. The highest BCUT2D eigenvalue weighted by Gasteiger charge is 2.21.